The number of carboxylic acids is 1. The van der Waals surface area contributed by atoms with E-state index in [9.17, 15) is 14.7 Å². The van der Waals surface area contributed by atoms with Gasteiger partial charge in [-0.15, -0.1) is 0 Å². The Morgan fingerprint density at radius 3 is 2.11 bits per heavy atom. The molecule has 5 heteroatoms. The molecule has 1 aliphatic rings. The molecule has 2 aromatic carbocycles. The van der Waals surface area contributed by atoms with Crippen LogP contribution in [0.5, 0.6) is 11.5 Å². The molecule has 1 aliphatic carbocycles. The number of carboxylic acid groups (broad SMARTS) is 1. The van der Waals surface area contributed by atoms with Crippen molar-refractivity contribution in [1.29, 1.82) is 0 Å². The van der Waals surface area contributed by atoms with Gasteiger partial charge in [0.25, 0.3) is 0 Å². The molecule has 1 N–H and O–H groups in total. The minimum atomic E-state index is -1.18. The van der Waals surface area contributed by atoms with E-state index >= 15 is 0 Å². The van der Waals surface area contributed by atoms with Gasteiger partial charge in [-0.25, -0.2) is 0 Å². The SMILES string of the molecule is Cc1cc(C)cc(Oc2ccc(NC(=O)[C@H]3CC=CC[C@@H]3C(=O)[O-])cc2)c1. The third-order valence-electron chi connectivity index (χ3n) is 4.62. The standard InChI is InChI=1S/C22H23NO4/c1-14-11-15(2)13-18(12-14)27-17-9-7-16(8-10-17)23-21(24)19-5-3-4-6-20(19)22(25)26/h3-4,7-13,19-20H,5-6H2,1-2H3,(H,23,24)(H,25,26)/p-1/t19-,20-/m0/s1. The van der Waals surface area contributed by atoms with Crippen LogP contribution in [-0.2, 0) is 9.59 Å². The molecule has 2 atom stereocenters. The van der Waals surface area contributed by atoms with Crippen molar-refractivity contribution in [2.24, 2.45) is 11.8 Å². The number of hydrogen-bond acceptors (Lipinski definition) is 4. The van der Waals surface area contributed by atoms with E-state index in [1.807, 2.05) is 32.1 Å². The van der Waals surface area contributed by atoms with Gasteiger partial charge in [-0.3, -0.25) is 4.79 Å². The Morgan fingerprint density at radius 2 is 1.52 bits per heavy atom. The summed E-state index contributed by atoms with van der Waals surface area (Å²) < 4.78 is 5.86. The van der Waals surface area contributed by atoms with Crippen LogP contribution in [0.1, 0.15) is 24.0 Å². The summed E-state index contributed by atoms with van der Waals surface area (Å²) in [6, 6.07) is 13.0. The number of aryl methyl sites for hydroxylation is 2. The van der Waals surface area contributed by atoms with Crippen molar-refractivity contribution in [3.05, 3.63) is 65.7 Å². The molecule has 0 aromatic heterocycles. The van der Waals surface area contributed by atoms with Crippen molar-refractivity contribution in [3.8, 4) is 11.5 Å². The highest BCUT2D eigenvalue weighted by Gasteiger charge is 2.29. The molecule has 140 valence electrons. The van der Waals surface area contributed by atoms with E-state index in [0.717, 1.165) is 16.9 Å². The molecule has 0 saturated carbocycles. The van der Waals surface area contributed by atoms with Crippen molar-refractivity contribution in [1.82, 2.24) is 0 Å². The fourth-order valence-corrected chi connectivity index (χ4v) is 3.33. The van der Waals surface area contributed by atoms with Gasteiger partial charge in [0.2, 0.25) is 5.91 Å². The highest BCUT2D eigenvalue weighted by Crippen LogP contribution is 2.28. The maximum Gasteiger partial charge on any atom is 0.228 e. The van der Waals surface area contributed by atoms with Gasteiger partial charge >= 0.3 is 0 Å². The van der Waals surface area contributed by atoms with E-state index in [1.165, 1.54) is 0 Å². The van der Waals surface area contributed by atoms with Gasteiger partial charge in [0.05, 0.1) is 5.92 Å². The lowest BCUT2D eigenvalue weighted by molar-refractivity contribution is -0.313. The molecule has 0 fully saturated rings. The van der Waals surface area contributed by atoms with Crippen LogP contribution in [0.25, 0.3) is 0 Å². The van der Waals surface area contributed by atoms with Crippen molar-refractivity contribution < 1.29 is 19.4 Å². The monoisotopic (exact) mass is 364 g/mol. The Kier molecular flexibility index (Phi) is 5.60. The fourth-order valence-electron chi connectivity index (χ4n) is 3.33. The van der Waals surface area contributed by atoms with Crippen LogP contribution in [0, 0.1) is 25.7 Å². The minimum Gasteiger partial charge on any atom is -0.550 e. The number of anilines is 1. The number of allylic oxidation sites excluding steroid dienone is 2. The van der Waals surface area contributed by atoms with Crippen LogP contribution in [-0.4, -0.2) is 11.9 Å². The number of carbonyl (C=O) groups excluding carboxylic acids is 2. The third-order valence-corrected chi connectivity index (χ3v) is 4.62. The van der Waals surface area contributed by atoms with Crippen LogP contribution in [0.2, 0.25) is 0 Å². The second-order valence-electron chi connectivity index (χ2n) is 6.91. The Labute approximate surface area is 158 Å². The van der Waals surface area contributed by atoms with E-state index in [-0.39, 0.29) is 5.91 Å². The molecule has 5 nitrogen and oxygen atoms in total. The topological polar surface area (TPSA) is 78.5 Å². The number of ether oxygens (including phenoxy) is 1. The average Bonchev–Trinajstić information content (AvgIpc) is 2.62. The minimum absolute atomic E-state index is 0.309. The number of benzene rings is 2. The second kappa shape index (κ2) is 8.08. The van der Waals surface area contributed by atoms with Gasteiger partial charge in [0.1, 0.15) is 11.5 Å². The number of rotatable bonds is 5. The third kappa shape index (κ3) is 4.76. The molecule has 1 amide bonds. The van der Waals surface area contributed by atoms with Crippen LogP contribution in [0.15, 0.2) is 54.6 Å². The molecule has 0 spiro atoms. The smallest absolute Gasteiger partial charge is 0.228 e. The van der Waals surface area contributed by atoms with E-state index in [1.54, 1.807) is 30.3 Å². The predicted molar refractivity (Wildman–Crippen MR) is 101 cm³/mol. The number of carbonyl (C=O) groups is 2. The Bertz CT molecular complexity index is 850. The van der Waals surface area contributed by atoms with E-state index in [4.69, 9.17) is 4.74 Å². The van der Waals surface area contributed by atoms with E-state index in [2.05, 4.69) is 11.4 Å². The second-order valence-corrected chi connectivity index (χ2v) is 6.91. The summed E-state index contributed by atoms with van der Waals surface area (Å²) in [7, 11) is 0. The summed E-state index contributed by atoms with van der Waals surface area (Å²) in [6.07, 6.45) is 4.34. The summed E-state index contributed by atoms with van der Waals surface area (Å²) in [5.74, 6) is -1.48. The molecule has 27 heavy (non-hydrogen) atoms. The van der Waals surface area contributed by atoms with Gasteiger partial charge in [-0.05, 0) is 74.2 Å². The highest BCUT2D eigenvalue weighted by atomic mass is 16.5. The van der Waals surface area contributed by atoms with Gasteiger partial charge in [0, 0.05) is 17.6 Å². The first-order valence-corrected chi connectivity index (χ1v) is 8.95. The van der Waals surface area contributed by atoms with Crippen LogP contribution in [0.3, 0.4) is 0 Å². The van der Waals surface area contributed by atoms with Gasteiger partial charge < -0.3 is 20.0 Å². The van der Waals surface area contributed by atoms with E-state index < -0.39 is 17.8 Å². The molecular formula is C22H22NO4-. The lowest BCUT2D eigenvalue weighted by Crippen LogP contribution is -2.41. The summed E-state index contributed by atoms with van der Waals surface area (Å²) in [6.45, 7) is 4.03. The van der Waals surface area contributed by atoms with Crippen LogP contribution in [0.4, 0.5) is 5.69 Å². The zero-order valence-corrected chi connectivity index (χ0v) is 15.4. The predicted octanol–water partition coefficient (Wildman–Crippen LogP) is 3.37. The molecule has 3 rings (SSSR count). The molecule has 0 radical (unpaired) electrons. The van der Waals surface area contributed by atoms with Gasteiger partial charge in [0.15, 0.2) is 0 Å². The average molecular weight is 364 g/mol. The normalized spacial score (nSPS) is 18.7. The molecule has 0 bridgehead atoms. The van der Waals surface area contributed by atoms with Crippen molar-refractivity contribution in [2.75, 3.05) is 5.32 Å². The first-order valence-electron chi connectivity index (χ1n) is 8.95. The van der Waals surface area contributed by atoms with Crippen molar-refractivity contribution >= 4 is 17.6 Å². The number of nitrogens with one attached hydrogen (secondary N) is 1. The van der Waals surface area contributed by atoms with Crippen LogP contribution < -0.4 is 15.2 Å². The van der Waals surface area contributed by atoms with Crippen molar-refractivity contribution in [2.45, 2.75) is 26.7 Å². The number of amides is 1. The molecule has 0 saturated heterocycles. The zero-order valence-electron chi connectivity index (χ0n) is 15.4. The zero-order chi connectivity index (χ0) is 19.4. The number of hydrogen-bond donors (Lipinski definition) is 1. The fraction of sp³-hybridized carbons (Fsp3) is 0.273. The summed E-state index contributed by atoms with van der Waals surface area (Å²) in [5, 5.41) is 14.0. The first-order chi connectivity index (χ1) is 12.9. The summed E-state index contributed by atoms with van der Waals surface area (Å²) in [5.41, 5.74) is 2.84. The van der Waals surface area contributed by atoms with Crippen molar-refractivity contribution in [3.63, 3.8) is 0 Å². The summed E-state index contributed by atoms with van der Waals surface area (Å²) in [4.78, 5) is 23.7. The molecular weight excluding hydrogens is 342 g/mol. The molecule has 0 unspecified atom stereocenters. The Hall–Kier alpha value is -3.08. The van der Waals surface area contributed by atoms with Gasteiger partial charge in [-0.1, -0.05) is 18.2 Å². The molecule has 2 aromatic rings. The quantitative estimate of drug-likeness (QED) is 0.825. The molecule has 0 heterocycles. The maximum absolute atomic E-state index is 12.5. The van der Waals surface area contributed by atoms with Crippen LogP contribution >= 0.6 is 0 Å². The van der Waals surface area contributed by atoms with Gasteiger partial charge in [-0.2, -0.15) is 0 Å². The largest absolute Gasteiger partial charge is 0.550 e. The Balaban J connectivity index is 1.65. The van der Waals surface area contributed by atoms with E-state index in [0.29, 0.717) is 24.3 Å². The lowest BCUT2D eigenvalue weighted by Gasteiger charge is -2.28. The lowest BCUT2D eigenvalue weighted by atomic mass is 9.82. The maximum atomic E-state index is 12.5. The first kappa shape index (κ1) is 18.7. The number of aliphatic carboxylic acids is 1. The summed E-state index contributed by atoms with van der Waals surface area (Å²) >= 11 is 0. The molecule has 0 aliphatic heterocycles. The highest BCUT2D eigenvalue weighted by molar-refractivity contribution is 5.95. The Morgan fingerprint density at radius 1 is 0.926 bits per heavy atom.